The van der Waals surface area contributed by atoms with Crippen molar-refractivity contribution in [1.82, 2.24) is 0 Å². The predicted octanol–water partition coefficient (Wildman–Crippen LogP) is 4.95. The molecular weight excluding hydrogens is 204 g/mol. The molecule has 0 heterocycles. The van der Waals surface area contributed by atoms with E-state index in [9.17, 15) is 0 Å². The van der Waals surface area contributed by atoms with Crippen molar-refractivity contribution in [2.45, 2.75) is 19.8 Å². The minimum atomic E-state index is 1.17. The second-order valence-corrected chi connectivity index (χ2v) is 4.59. The summed E-state index contributed by atoms with van der Waals surface area (Å²) in [5.74, 6) is 0. The van der Waals surface area contributed by atoms with Crippen molar-refractivity contribution in [3.63, 3.8) is 0 Å². The summed E-state index contributed by atoms with van der Waals surface area (Å²) in [6, 6.07) is 19.9. The third-order valence-electron chi connectivity index (χ3n) is 3.35. The highest BCUT2D eigenvalue weighted by atomic mass is 14.0. The van der Waals surface area contributed by atoms with Gasteiger partial charge in [0.15, 0.2) is 0 Å². The Labute approximate surface area is 102 Å². The van der Waals surface area contributed by atoms with Crippen LogP contribution in [0.3, 0.4) is 0 Å². The van der Waals surface area contributed by atoms with E-state index in [0.717, 1.165) is 0 Å². The Morgan fingerprint density at radius 3 is 2.41 bits per heavy atom. The van der Waals surface area contributed by atoms with Gasteiger partial charge in [-0.1, -0.05) is 67.9 Å². The van der Waals surface area contributed by atoms with Gasteiger partial charge < -0.3 is 0 Å². The number of benzene rings is 3. The van der Waals surface area contributed by atoms with Crippen molar-refractivity contribution in [3.8, 4) is 0 Å². The van der Waals surface area contributed by atoms with Gasteiger partial charge in [-0.05, 0) is 33.5 Å². The van der Waals surface area contributed by atoms with Gasteiger partial charge in [0.1, 0.15) is 0 Å². The third-order valence-corrected chi connectivity index (χ3v) is 3.35. The standard InChI is InChI=1S/C17H16/c1-2-5-13-8-11-17-15(12-13)10-9-14-6-3-4-7-16(14)17/h3-4,6-12H,2,5H2,1H3. The van der Waals surface area contributed by atoms with Crippen LogP contribution in [0.25, 0.3) is 21.5 Å². The van der Waals surface area contributed by atoms with Crippen LogP contribution in [-0.4, -0.2) is 0 Å². The third kappa shape index (κ3) is 1.80. The molecule has 0 nitrogen and oxygen atoms in total. The fraction of sp³-hybridized carbons (Fsp3) is 0.176. The van der Waals surface area contributed by atoms with Gasteiger partial charge in [-0.2, -0.15) is 0 Å². The van der Waals surface area contributed by atoms with E-state index in [-0.39, 0.29) is 0 Å². The van der Waals surface area contributed by atoms with Crippen LogP contribution in [-0.2, 0) is 6.42 Å². The first-order valence-electron chi connectivity index (χ1n) is 6.29. The molecule has 0 unspecified atom stereocenters. The monoisotopic (exact) mass is 220 g/mol. The normalized spacial score (nSPS) is 11.1. The summed E-state index contributed by atoms with van der Waals surface area (Å²) in [6.45, 7) is 2.23. The van der Waals surface area contributed by atoms with Crippen molar-refractivity contribution in [2.75, 3.05) is 0 Å². The number of fused-ring (bicyclic) bond motifs is 3. The summed E-state index contributed by atoms with van der Waals surface area (Å²) >= 11 is 0. The maximum Gasteiger partial charge on any atom is -0.0105 e. The Kier molecular flexibility index (Phi) is 2.56. The SMILES string of the molecule is CCCc1ccc2c(ccc3ccccc32)c1. The van der Waals surface area contributed by atoms with E-state index in [2.05, 4.69) is 61.5 Å². The molecule has 0 aliphatic rings. The van der Waals surface area contributed by atoms with Crippen LogP contribution in [0.15, 0.2) is 54.6 Å². The van der Waals surface area contributed by atoms with Gasteiger partial charge in [0, 0.05) is 0 Å². The Bertz CT molecular complexity index is 665. The smallest absolute Gasteiger partial charge is 0.0105 e. The number of hydrogen-bond acceptors (Lipinski definition) is 0. The summed E-state index contributed by atoms with van der Waals surface area (Å²) in [5.41, 5.74) is 1.44. The minimum Gasteiger partial charge on any atom is -0.0651 e. The molecule has 0 aromatic heterocycles. The minimum absolute atomic E-state index is 1.17. The molecule has 0 saturated carbocycles. The van der Waals surface area contributed by atoms with Crippen molar-refractivity contribution < 1.29 is 0 Å². The van der Waals surface area contributed by atoms with Crippen LogP contribution in [0.4, 0.5) is 0 Å². The number of hydrogen-bond donors (Lipinski definition) is 0. The van der Waals surface area contributed by atoms with Crippen LogP contribution in [0, 0.1) is 0 Å². The summed E-state index contributed by atoms with van der Waals surface area (Å²) in [6.07, 6.45) is 2.38. The molecule has 0 radical (unpaired) electrons. The largest absolute Gasteiger partial charge is 0.0651 e. The average molecular weight is 220 g/mol. The summed E-state index contributed by atoms with van der Waals surface area (Å²) in [7, 11) is 0. The zero-order valence-corrected chi connectivity index (χ0v) is 10.1. The molecule has 0 amide bonds. The molecule has 3 aromatic carbocycles. The van der Waals surface area contributed by atoms with Crippen molar-refractivity contribution in [3.05, 3.63) is 60.2 Å². The molecule has 0 fully saturated rings. The Morgan fingerprint density at radius 2 is 1.53 bits per heavy atom. The molecule has 84 valence electrons. The zero-order chi connectivity index (χ0) is 11.7. The molecule has 0 aliphatic carbocycles. The van der Waals surface area contributed by atoms with Gasteiger partial charge >= 0.3 is 0 Å². The molecule has 0 heteroatoms. The highest BCUT2D eigenvalue weighted by molar-refractivity contribution is 6.07. The molecule has 0 aliphatic heterocycles. The van der Waals surface area contributed by atoms with Gasteiger partial charge in [0.05, 0.1) is 0 Å². The van der Waals surface area contributed by atoms with E-state index in [0.29, 0.717) is 0 Å². The van der Waals surface area contributed by atoms with Gasteiger partial charge in [-0.3, -0.25) is 0 Å². The predicted molar refractivity (Wildman–Crippen MR) is 75.4 cm³/mol. The second-order valence-electron chi connectivity index (χ2n) is 4.59. The Balaban J connectivity index is 2.29. The molecule has 0 N–H and O–H groups in total. The first-order chi connectivity index (χ1) is 8.38. The van der Waals surface area contributed by atoms with Crippen molar-refractivity contribution >= 4 is 21.5 Å². The molecule has 0 bridgehead atoms. The van der Waals surface area contributed by atoms with E-state index < -0.39 is 0 Å². The van der Waals surface area contributed by atoms with E-state index in [1.54, 1.807) is 0 Å². The molecule has 3 rings (SSSR count). The fourth-order valence-electron chi connectivity index (χ4n) is 2.51. The molecule has 0 saturated heterocycles. The van der Waals surface area contributed by atoms with Gasteiger partial charge in [0.2, 0.25) is 0 Å². The Hall–Kier alpha value is -1.82. The average Bonchev–Trinajstić information content (AvgIpc) is 2.39. The van der Waals surface area contributed by atoms with Crippen LogP contribution in [0.1, 0.15) is 18.9 Å². The number of aryl methyl sites for hydroxylation is 1. The quantitative estimate of drug-likeness (QED) is 0.536. The molecule has 0 atom stereocenters. The summed E-state index contributed by atoms with van der Waals surface area (Å²) in [5, 5.41) is 5.40. The maximum atomic E-state index is 2.32. The van der Waals surface area contributed by atoms with Crippen LogP contribution in [0.2, 0.25) is 0 Å². The van der Waals surface area contributed by atoms with Crippen molar-refractivity contribution in [1.29, 1.82) is 0 Å². The first-order valence-corrected chi connectivity index (χ1v) is 6.29. The van der Waals surface area contributed by atoms with Crippen molar-refractivity contribution in [2.24, 2.45) is 0 Å². The second kappa shape index (κ2) is 4.21. The van der Waals surface area contributed by atoms with Gasteiger partial charge in [0.25, 0.3) is 0 Å². The van der Waals surface area contributed by atoms with E-state index in [1.165, 1.54) is 39.9 Å². The Morgan fingerprint density at radius 1 is 0.765 bits per heavy atom. The first kappa shape index (κ1) is 10.3. The van der Waals surface area contributed by atoms with Crippen LogP contribution in [0.5, 0.6) is 0 Å². The summed E-state index contributed by atoms with van der Waals surface area (Å²) in [4.78, 5) is 0. The maximum absolute atomic E-state index is 2.32. The van der Waals surface area contributed by atoms with Gasteiger partial charge in [-0.25, -0.2) is 0 Å². The summed E-state index contributed by atoms with van der Waals surface area (Å²) < 4.78 is 0. The van der Waals surface area contributed by atoms with Crippen LogP contribution >= 0.6 is 0 Å². The highest BCUT2D eigenvalue weighted by Crippen LogP contribution is 2.26. The van der Waals surface area contributed by atoms with E-state index in [1.807, 2.05) is 0 Å². The van der Waals surface area contributed by atoms with Crippen LogP contribution < -0.4 is 0 Å². The lowest BCUT2D eigenvalue weighted by Gasteiger charge is -2.06. The lowest BCUT2D eigenvalue weighted by atomic mass is 9.99. The topological polar surface area (TPSA) is 0 Å². The van der Waals surface area contributed by atoms with Gasteiger partial charge in [-0.15, -0.1) is 0 Å². The zero-order valence-electron chi connectivity index (χ0n) is 10.1. The highest BCUT2D eigenvalue weighted by Gasteiger charge is 2.00. The fourth-order valence-corrected chi connectivity index (χ4v) is 2.51. The molecule has 3 aromatic rings. The molecular formula is C17H16. The molecule has 0 spiro atoms. The van der Waals surface area contributed by atoms with E-state index >= 15 is 0 Å². The molecule has 17 heavy (non-hydrogen) atoms. The van der Waals surface area contributed by atoms with E-state index in [4.69, 9.17) is 0 Å². The number of rotatable bonds is 2. The lowest BCUT2D eigenvalue weighted by molar-refractivity contribution is 0.924. The lowest BCUT2D eigenvalue weighted by Crippen LogP contribution is -1.84.